The molecule has 0 saturated carbocycles. The summed E-state index contributed by atoms with van der Waals surface area (Å²) >= 11 is 0. The molecule has 2 N–H and O–H groups in total. The number of esters is 1. The topological polar surface area (TPSA) is 110 Å². The summed E-state index contributed by atoms with van der Waals surface area (Å²) in [6.07, 6.45) is 0.0106. The fourth-order valence-corrected chi connectivity index (χ4v) is 3.42. The van der Waals surface area contributed by atoms with Crippen LogP contribution in [0.3, 0.4) is 0 Å². The molecule has 150 valence electrons. The smallest absolute Gasteiger partial charge is 0.322 e. The molecule has 0 unspecified atom stereocenters. The summed E-state index contributed by atoms with van der Waals surface area (Å²) in [6, 6.07) is 12.6. The van der Waals surface area contributed by atoms with Crippen LogP contribution in [0.25, 0.3) is 0 Å². The molecule has 1 atom stereocenters. The van der Waals surface area contributed by atoms with Gasteiger partial charge >= 0.3 is 11.9 Å². The van der Waals surface area contributed by atoms with Gasteiger partial charge in [0, 0.05) is 0 Å². The number of nitrogens with one attached hydrogen (secondary N) is 1. The van der Waals surface area contributed by atoms with Gasteiger partial charge in [-0.25, -0.2) is 8.42 Å². The van der Waals surface area contributed by atoms with Crippen molar-refractivity contribution >= 4 is 22.0 Å². The zero-order chi connectivity index (χ0) is 20.9. The van der Waals surface area contributed by atoms with Crippen molar-refractivity contribution in [3.8, 4) is 5.75 Å². The SMILES string of the molecule is CC(C)(C)C(=O)Oc1ccc(S(=O)(=O)N[C@H](Cc2ccccc2)C(=O)O)cc1. The van der Waals surface area contributed by atoms with E-state index in [1.165, 1.54) is 24.3 Å². The summed E-state index contributed by atoms with van der Waals surface area (Å²) in [5.74, 6) is -1.52. The molecule has 0 heterocycles. The van der Waals surface area contributed by atoms with E-state index in [9.17, 15) is 23.1 Å². The van der Waals surface area contributed by atoms with Crippen LogP contribution in [-0.4, -0.2) is 31.5 Å². The first-order valence-electron chi connectivity index (χ1n) is 8.60. The highest BCUT2D eigenvalue weighted by Crippen LogP contribution is 2.21. The van der Waals surface area contributed by atoms with E-state index in [0.29, 0.717) is 5.56 Å². The molecule has 2 aromatic carbocycles. The molecule has 8 heteroatoms. The van der Waals surface area contributed by atoms with Crippen LogP contribution in [0, 0.1) is 5.41 Å². The Morgan fingerprint density at radius 1 is 1.04 bits per heavy atom. The molecule has 2 rings (SSSR count). The number of carbonyl (C=O) groups is 2. The van der Waals surface area contributed by atoms with Gasteiger partial charge < -0.3 is 9.84 Å². The Labute approximate surface area is 164 Å². The summed E-state index contributed by atoms with van der Waals surface area (Å²) in [6.45, 7) is 5.12. The van der Waals surface area contributed by atoms with Gasteiger partial charge in [-0.2, -0.15) is 4.72 Å². The number of rotatable bonds is 7. The van der Waals surface area contributed by atoms with E-state index in [1.54, 1.807) is 51.1 Å². The highest BCUT2D eigenvalue weighted by atomic mass is 32.2. The number of benzene rings is 2. The van der Waals surface area contributed by atoms with Gasteiger partial charge in [0.2, 0.25) is 10.0 Å². The Hall–Kier alpha value is -2.71. The molecule has 0 aliphatic rings. The molecular formula is C20H23NO6S. The van der Waals surface area contributed by atoms with E-state index in [2.05, 4.69) is 4.72 Å². The van der Waals surface area contributed by atoms with E-state index < -0.39 is 33.4 Å². The lowest BCUT2D eigenvalue weighted by molar-refractivity contribution is -0.143. The number of carboxylic acids is 1. The van der Waals surface area contributed by atoms with Crippen LogP contribution >= 0.6 is 0 Å². The average Bonchev–Trinajstić information content (AvgIpc) is 2.61. The Morgan fingerprint density at radius 3 is 2.11 bits per heavy atom. The molecule has 0 aliphatic carbocycles. The molecule has 7 nitrogen and oxygen atoms in total. The molecule has 0 bridgehead atoms. The normalized spacial score (nSPS) is 13.0. The van der Waals surface area contributed by atoms with Crippen LogP contribution in [0.15, 0.2) is 59.5 Å². The fraction of sp³-hybridized carbons (Fsp3) is 0.300. The van der Waals surface area contributed by atoms with Gasteiger partial charge in [-0.05, 0) is 57.0 Å². The van der Waals surface area contributed by atoms with E-state index in [-0.39, 0.29) is 17.1 Å². The number of aliphatic carboxylic acids is 1. The molecule has 0 radical (unpaired) electrons. The lowest BCUT2D eigenvalue weighted by Crippen LogP contribution is -2.42. The average molecular weight is 405 g/mol. The van der Waals surface area contributed by atoms with Crippen molar-refractivity contribution in [2.75, 3.05) is 0 Å². The molecular weight excluding hydrogens is 382 g/mol. The number of carbonyl (C=O) groups excluding carboxylic acids is 1. The second-order valence-corrected chi connectivity index (χ2v) is 9.03. The first kappa shape index (κ1) is 21.6. The van der Waals surface area contributed by atoms with Crippen molar-refractivity contribution in [2.24, 2.45) is 5.41 Å². The maximum absolute atomic E-state index is 12.5. The van der Waals surface area contributed by atoms with Crippen LogP contribution in [0.1, 0.15) is 26.3 Å². The first-order chi connectivity index (χ1) is 13.0. The van der Waals surface area contributed by atoms with E-state index >= 15 is 0 Å². The molecule has 0 amide bonds. The molecule has 28 heavy (non-hydrogen) atoms. The summed E-state index contributed by atoms with van der Waals surface area (Å²) in [7, 11) is -4.07. The second-order valence-electron chi connectivity index (χ2n) is 7.31. The third-order valence-electron chi connectivity index (χ3n) is 3.84. The number of ether oxygens (including phenoxy) is 1. The molecule has 0 aliphatic heterocycles. The summed E-state index contributed by atoms with van der Waals surface area (Å²) in [5.41, 5.74) is 0.000352. The van der Waals surface area contributed by atoms with Crippen molar-refractivity contribution in [3.63, 3.8) is 0 Å². The molecule has 2 aromatic rings. The third kappa shape index (κ3) is 5.90. The number of hydrogen-bond donors (Lipinski definition) is 2. The van der Waals surface area contributed by atoms with Gasteiger partial charge in [-0.15, -0.1) is 0 Å². The quantitative estimate of drug-likeness (QED) is 0.541. The Kier molecular flexibility index (Phi) is 6.58. The van der Waals surface area contributed by atoms with Crippen molar-refractivity contribution in [1.29, 1.82) is 0 Å². The van der Waals surface area contributed by atoms with Gasteiger partial charge in [0.05, 0.1) is 10.3 Å². The highest BCUT2D eigenvalue weighted by molar-refractivity contribution is 7.89. The summed E-state index contributed by atoms with van der Waals surface area (Å²) in [5, 5.41) is 9.38. The van der Waals surface area contributed by atoms with Crippen LogP contribution < -0.4 is 9.46 Å². The van der Waals surface area contributed by atoms with Gasteiger partial charge in [0.1, 0.15) is 11.8 Å². The molecule has 0 fully saturated rings. The maximum Gasteiger partial charge on any atom is 0.322 e. The number of hydrogen-bond acceptors (Lipinski definition) is 5. The van der Waals surface area contributed by atoms with Gasteiger partial charge in [-0.3, -0.25) is 9.59 Å². The standard InChI is InChI=1S/C20H23NO6S/c1-20(2,3)19(24)27-15-9-11-16(12-10-15)28(25,26)21-17(18(22)23)13-14-7-5-4-6-8-14/h4-12,17,21H,13H2,1-3H3,(H,22,23)/t17-/m1/s1. The van der Waals surface area contributed by atoms with Gasteiger partial charge in [0.25, 0.3) is 0 Å². The zero-order valence-corrected chi connectivity index (χ0v) is 16.7. The molecule has 0 aromatic heterocycles. The monoisotopic (exact) mass is 405 g/mol. The predicted octanol–water partition coefficient (Wildman–Crippen LogP) is 2.61. The van der Waals surface area contributed by atoms with Gasteiger partial charge in [0.15, 0.2) is 0 Å². The van der Waals surface area contributed by atoms with Crippen molar-refractivity contribution in [3.05, 3.63) is 60.2 Å². The van der Waals surface area contributed by atoms with E-state index in [4.69, 9.17) is 4.74 Å². The summed E-state index contributed by atoms with van der Waals surface area (Å²) in [4.78, 5) is 23.3. The largest absolute Gasteiger partial charge is 0.480 e. The van der Waals surface area contributed by atoms with Crippen LogP contribution in [0.5, 0.6) is 5.75 Å². The molecule has 0 saturated heterocycles. The Bertz CT molecular complexity index is 931. The fourth-order valence-electron chi connectivity index (χ4n) is 2.23. The minimum Gasteiger partial charge on any atom is -0.480 e. The minimum atomic E-state index is -4.07. The number of carboxylic acid groups (broad SMARTS) is 1. The zero-order valence-electron chi connectivity index (χ0n) is 15.9. The Morgan fingerprint density at radius 2 is 1.61 bits per heavy atom. The second kappa shape index (κ2) is 8.53. The first-order valence-corrected chi connectivity index (χ1v) is 10.1. The third-order valence-corrected chi connectivity index (χ3v) is 5.32. The molecule has 0 spiro atoms. The van der Waals surface area contributed by atoms with Crippen molar-refractivity contribution in [1.82, 2.24) is 4.72 Å². The lowest BCUT2D eigenvalue weighted by atomic mass is 9.97. The van der Waals surface area contributed by atoms with Crippen LogP contribution in [0.4, 0.5) is 0 Å². The van der Waals surface area contributed by atoms with Crippen molar-refractivity contribution in [2.45, 2.75) is 38.1 Å². The maximum atomic E-state index is 12.5. The van der Waals surface area contributed by atoms with Gasteiger partial charge in [-0.1, -0.05) is 30.3 Å². The van der Waals surface area contributed by atoms with Crippen LogP contribution in [0.2, 0.25) is 0 Å². The van der Waals surface area contributed by atoms with Crippen LogP contribution in [-0.2, 0) is 26.0 Å². The predicted molar refractivity (Wildman–Crippen MR) is 103 cm³/mol. The van der Waals surface area contributed by atoms with E-state index in [1.807, 2.05) is 0 Å². The Balaban J connectivity index is 2.14. The minimum absolute atomic E-state index is 0.0106. The van der Waals surface area contributed by atoms with E-state index in [0.717, 1.165) is 0 Å². The summed E-state index contributed by atoms with van der Waals surface area (Å²) < 4.78 is 32.5. The lowest BCUT2D eigenvalue weighted by Gasteiger charge is -2.17. The highest BCUT2D eigenvalue weighted by Gasteiger charge is 2.26. The number of sulfonamides is 1. The van der Waals surface area contributed by atoms with Crippen molar-refractivity contribution < 1.29 is 27.9 Å².